The van der Waals surface area contributed by atoms with Crippen molar-refractivity contribution in [3.8, 4) is 0 Å². The van der Waals surface area contributed by atoms with E-state index in [0.29, 0.717) is 18.0 Å². The van der Waals surface area contributed by atoms with Crippen molar-refractivity contribution < 1.29 is 9.59 Å². The molecule has 0 fully saturated rings. The second-order valence-electron chi connectivity index (χ2n) is 8.12. The van der Waals surface area contributed by atoms with Crippen molar-refractivity contribution in [2.45, 2.75) is 46.7 Å². The first-order valence-electron chi connectivity index (χ1n) is 10.3. The number of nitrogens with one attached hydrogen (secondary N) is 3. The maximum Gasteiger partial charge on any atom is 0.252 e. The lowest BCUT2D eigenvalue weighted by atomic mass is 10.0. The van der Waals surface area contributed by atoms with Crippen LogP contribution in [0.15, 0.2) is 54.6 Å². The fourth-order valence-electron chi connectivity index (χ4n) is 3.10. The Labute approximate surface area is 174 Å². The van der Waals surface area contributed by atoms with Gasteiger partial charge in [-0.1, -0.05) is 64.1 Å². The Balaban J connectivity index is 2.01. The maximum absolute atomic E-state index is 12.9. The van der Waals surface area contributed by atoms with Crippen LogP contribution in [0.1, 0.15) is 43.6 Å². The molecular formula is C24H33N3O2. The zero-order chi connectivity index (χ0) is 21.4. The first-order chi connectivity index (χ1) is 13.8. The third-order valence-corrected chi connectivity index (χ3v) is 5.05. The van der Waals surface area contributed by atoms with E-state index in [0.717, 1.165) is 11.3 Å². The molecule has 0 spiro atoms. The number of carbonyl (C=O) groups is 2. The summed E-state index contributed by atoms with van der Waals surface area (Å²) in [5.41, 5.74) is 2.50. The van der Waals surface area contributed by atoms with E-state index >= 15 is 0 Å². The fourth-order valence-corrected chi connectivity index (χ4v) is 3.10. The lowest BCUT2D eigenvalue weighted by molar-refractivity contribution is -0.124. The van der Waals surface area contributed by atoms with Gasteiger partial charge < -0.3 is 16.0 Å². The van der Waals surface area contributed by atoms with Crippen molar-refractivity contribution in [1.82, 2.24) is 10.6 Å². The number of hydrogen-bond acceptors (Lipinski definition) is 3. The zero-order valence-corrected chi connectivity index (χ0v) is 18.0. The number of amides is 2. The highest BCUT2D eigenvalue weighted by molar-refractivity contribution is 5.98. The van der Waals surface area contributed by atoms with Gasteiger partial charge in [-0.2, -0.15) is 0 Å². The van der Waals surface area contributed by atoms with Crippen LogP contribution in [0.5, 0.6) is 0 Å². The molecule has 0 aromatic heterocycles. The molecule has 2 rings (SSSR count). The molecule has 2 aromatic carbocycles. The Morgan fingerprint density at radius 1 is 0.862 bits per heavy atom. The van der Waals surface area contributed by atoms with E-state index in [-0.39, 0.29) is 23.8 Å². The Kier molecular flexibility index (Phi) is 8.25. The van der Waals surface area contributed by atoms with Gasteiger partial charge in [-0.3, -0.25) is 9.59 Å². The van der Waals surface area contributed by atoms with Gasteiger partial charge in [0.2, 0.25) is 5.91 Å². The lowest BCUT2D eigenvalue weighted by Crippen LogP contribution is -2.52. The SMILES string of the molecule is Cc1ccccc1C(=O)NC(C(=O)NCC(Nc1ccccc1)C(C)C)C(C)C. The van der Waals surface area contributed by atoms with Crippen LogP contribution in [-0.2, 0) is 4.79 Å². The smallest absolute Gasteiger partial charge is 0.252 e. The number of carbonyl (C=O) groups excluding carboxylic acids is 2. The van der Waals surface area contributed by atoms with Crippen LogP contribution in [0.25, 0.3) is 0 Å². The average molecular weight is 396 g/mol. The predicted octanol–water partition coefficient (Wildman–Crippen LogP) is 4.00. The predicted molar refractivity (Wildman–Crippen MR) is 119 cm³/mol. The second-order valence-corrected chi connectivity index (χ2v) is 8.12. The van der Waals surface area contributed by atoms with Gasteiger partial charge in [0.1, 0.15) is 6.04 Å². The number of rotatable bonds is 9. The molecule has 2 unspecified atom stereocenters. The third kappa shape index (κ3) is 6.63. The van der Waals surface area contributed by atoms with E-state index in [4.69, 9.17) is 0 Å². The van der Waals surface area contributed by atoms with Crippen LogP contribution in [0.4, 0.5) is 5.69 Å². The zero-order valence-electron chi connectivity index (χ0n) is 18.0. The van der Waals surface area contributed by atoms with Crippen LogP contribution in [-0.4, -0.2) is 30.4 Å². The maximum atomic E-state index is 12.9. The van der Waals surface area contributed by atoms with Gasteiger partial charge in [0.05, 0.1) is 0 Å². The Bertz CT molecular complexity index is 803. The molecule has 0 saturated carbocycles. The van der Waals surface area contributed by atoms with Crippen LogP contribution in [0, 0.1) is 18.8 Å². The molecule has 0 aliphatic heterocycles. The molecule has 2 amide bonds. The molecule has 2 aromatic rings. The van der Waals surface area contributed by atoms with E-state index in [1.54, 1.807) is 6.07 Å². The lowest BCUT2D eigenvalue weighted by Gasteiger charge is -2.27. The summed E-state index contributed by atoms with van der Waals surface area (Å²) in [6, 6.07) is 16.8. The summed E-state index contributed by atoms with van der Waals surface area (Å²) >= 11 is 0. The third-order valence-electron chi connectivity index (χ3n) is 5.05. The minimum atomic E-state index is -0.591. The summed E-state index contributed by atoms with van der Waals surface area (Å²) in [6.45, 7) is 10.5. The van der Waals surface area contributed by atoms with Crippen molar-refractivity contribution in [1.29, 1.82) is 0 Å². The van der Waals surface area contributed by atoms with Crippen molar-refractivity contribution in [3.63, 3.8) is 0 Å². The highest BCUT2D eigenvalue weighted by atomic mass is 16.2. The highest BCUT2D eigenvalue weighted by Gasteiger charge is 2.26. The largest absolute Gasteiger partial charge is 0.380 e. The van der Waals surface area contributed by atoms with Gasteiger partial charge in [0.15, 0.2) is 0 Å². The topological polar surface area (TPSA) is 70.2 Å². The minimum Gasteiger partial charge on any atom is -0.380 e. The molecule has 156 valence electrons. The average Bonchev–Trinajstić information content (AvgIpc) is 2.69. The molecule has 5 nitrogen and oxygen atoms in total. The van der Waals surface area contributed by atoms with E-state index in [9.17, 15) is 9.59 Å². The van der Waals surface area contributed by atoms with Gasteiger partial charge in [0.25, 0.3) is 5.91 Å². The molecule has 0 heterocycles. The minimum absolute atomic E-state index is 0.0254. The van der Waals surface area contributed by atoms with Gasteiger partial charge in [-0.25, -0.2) is 0 Å². The van der Waals surface area contributed by atoms with Crippen molar-refractivity contribution in [2.75, 3.05) is 11.9 Å². The van der Waals surface area contributed by atoms with Crippen LogP contribution in [0.3, 0.4) is 0 Å². The standard InChI is InChI=1S/C24H33N3O2/c1-16(2)21(26-19-12-7-6-8-13-19)15-25-24(29)22(17(3)4)27-23(28)20-14-10-9-11-18(20)5/h6-14,16-17,21-22,26H,15H2,1-5H3,(H,25,29)(H,27,28). The first kappa shape index (κ1) is 22.5. The summed E-state index contributed by atoms with van der Waals surface area (Å²) in [5.74, 6) is -0.0840. The van der Waals surface area contributed by atoms with E-state index in [2.05, 4.69) is 29.8 Å². The summed E-state index contributed by atoms with van der Waals surface area (Å²) in [5, 5.41) is 9.40. The number of anilines is 1. The van der Waals surface area contributed by atoms with Crippen molar-refractivity contribution in [3.05, 3.63) is 65.7 Å². The first-order valence-corrected chi connectivity index (χ1v) is 10.3. The van der Waals surface area contributed by atoms with Crippen LogP contribution < -0.4 is 16.0 Å². The second kappa shape index (κ2) is 10.6. The summed E-state index contributed by atoms with van der Waals surface area (Å²) in [4.78, 5) is 25.5. The number of aryl methyl sites for hydroxylation is 1. The molecule has 5 heteroatoms. The number of benzene rings is 2. The molecule has 0 bridgehead atoms. The summed E-state index contributed by atoms with van der Waals surface area (Å²) in [6.07, 6.45) is 0. The molecule has 2 atom stereocenters. The van der Waals surface area contributed by atoms with E-state index in [1.807, 2.05) is 69.3 Å². The quantitative estimate of drug-likeness (QED) is 0.601. The van der Waals surface area contributed by atoms with Gasteiger partial charge in [0, 0.05) is 23.8 Å². The summed E-state index contributed by atoms with van der Waals surface area (Å²) in [7, 11) is 0. The Morgan fingerprint density at radius 2 is 1.48 bits per heavy atom. The molecular weight excluding hydrogens is 362 g/mol. The van der Waals surface area contributed by atoms with E-state index in [1.165, 1.54) is 0 Å². The van der Waals surface area contributed by atoms with Crippen molar-refractivity contribution in [2.24, 2.45) is 11.8 Å². The molecule has 0 aliphatic carbocycles. The van der Waals surface area contributed by atoms with Gasteiger partial charge in [-0.05, 0) is 42.5 Å². The Hall–Kier alpha value is -2.82. The van der Waals surface area contributed by atoms with Crippen molar-refractivity contribution >= 4 is 17.5 Å². The Morgan fingerprint density at radius 3 is 2.07 bits per heavy atom. The van der Waals surface area contributed by atoms with Crippen LogP contribution >= 0.6 is 0 Å². The molecule has 0 aliphatic rings. The monoisotopic (exact) mass is 395 g/mol. The molecule has 3 N–H and O–H groups in total. The van der Waals surface area contributed by atoms with E-state index < -0.39 is 6.04 Å². The molecule has 0 radical (unpaired) electrons. The number of para-hydroxylation sites is 1. The van der Waals surface area contributed by atoms with Gasteiger partial charge in [-0.15, -0.1) is 0 Å². The number of hydrogen-bond donors (Lipinski definition) is 3. The van der Waals surface area contributed by atoms with Crippen LogP contribution in [0.2, 0.25) is 0 Å². The highest BCUT2D eigenvalue weighted by Crippen LogP contribution is 2.13. The van der Waals surface area contributed by atoms with Gasteiger partial charge >= 0.3 is 0 Å². The summed E-state index contributed by atoms with van der Waals surface area (Å²) < 4.78 is 0. The molecule has 0 saturated heterocycles. The fraction of sp³-hybridized carbons (Fsp3) is 0.417. The normalized spacial score (nSPS) is 13.1. The molecule has 29 heavy (non-hydrogen) atoms.